The smallest absolute Gasteiger partial charge is 0.322 e. The molecule has 0 spiro atoms. The largest absolute Gasteiger partial charge is 0.381 e. The number of methoxy groups -OCH3 is 1. The number of nitrogens with zero attached hydrogens (tertiary/aromatic N) is 1. The molecule has 0 radical (unpaired) electrons. The minimum Gasteiger partial charge on any atom is -0.381 e. The Labute approximate surface area is 124 Å². The Morgan fingerprint density at radius 2 is 1.90 bits per heavy atom. The number of hydrogen-bond donors (Lipinski definition) is 1. The van der Waals surface area contributed by atoms with E-state index >= 15 is 0 Å². The average Bonchev–Trinajstić information content (AvgIpc) is 2.42. The fraction of sp³-hybridized carbons (Fsp3) is 0.462. The maximum absolute atomic E-state index is 13.6. The summed E-state index contributed by atoms with van der Waals surface area (Å²) >= 11 is 2.99. The molecule has 1 N–H and O–H groups in total. The molecule has 1 saturated heterocycles. The summed E-state index contributed by atoms with van der Waals surface area (Å²) in [6.45, 7) is 1.01. The number of urea groups is 1. The molecule has 0 aromatic heterocycles. The van der Waals surface area contributed by atoms with Crippen molar-refractivity contribution in [3.63, 3.8) is 0 Å². The number of halogens is 3. The molecule has 110 valence electrons. The van der Waals surface area contributed by atoms with Crippen molar-refractivity contribution < 1.29 is 18.3 Å². The number of piperidine rings is 1. The van der Waals surface area contributed by atoms with Gasteiger partial charge in [-0.1, -0.05) is 15.9 Å². The van der Waals surface area contributed by atoms with Crippen LogP contribution in [0.4, 0.5) is 19.3 Å². The highest BCUT2D eigenvalue weighted by Gasteiger charge is 2.24. The van der Waals surface area contributed by atoms with Crippen molar-refractivity contribution in [1.82, 2.24) is 4.90 Å². The average molecular weight is 349 g/mol. The SMILES string of the molecule is COC1CCN(C(=O)Nc2c(F)cc(Br)cc2F)CC1. The van der Waals surface area contributed by atoms with Gasteiger partial charge in [-0.25, -0.2) is 13.6 Å². The van der Waals surface area contributed by atoms with Gasteiger partial charge >= 0.3 is 6.03 Å². The Morgan fingerprint density at radius 1 is 1.35 bits per heavy atom. The summed E-state index contributed by atoms with van der Waals surface area (Å²) in [5, 5.41) is 2.28. The molecule has 0 aliphatic carbocycles. The Bertz CT molecular complexity index is 482. The quantitative estimate of drug-likeness (QED) is 0.890. The summed E-state index contributed by atoms with van der Waals surface area (Å²) in [7, 11) is 1.63. The molecule has 20 heavy (non-hydrogen) atoms. The molecule has 0 unspecified atom stereocenters. The van der Waals surface area contributed by atoms with Crippen molar-refractivity contribution in [3.8, 4) is 0 Å². The van der Waals surface area contributed by atoms with Gasteiger partial charge in [-0.05, 0) is 25.0 Å². The van der Waals surface area contributed by atoms with Crippen LogP contribution in [0.25, 0.3) is 0 Å². The molecule has 1 heterocycles. The van der Waals surface area contributed by atoms with Crippen LogP contribution in [0, 0.1) is 11.6 Å². The van der Waals surface area contributed by atoms with E-state index in [1.165, 1.54) is 4.90 Å². The van der Waals surface area contributed by atoms with Crippen LogP contribution in [0.3, 0.4) is 0 Å². The van der Waals surface area contributed by atoms with E-state index in [1.54, 1.807) is 7.11 Å². The van der Waals surface area contributed by atoms with Gasteiger partial charge in [-0.3, -0.25) is 0 Å². The highest BCUT2D eigenvalue weighted by Crippen LogP contribution is 2.24. The van der Waals surface area contributed by atoms with Crippen LogP contribution in [0.1, 0.15) is 12.8 Å². The summed E-state index contributed by atoms with van der Waals surface area (Å²) in [5.41, 5.74) is -0.424. The zero-order valence-electron chi connectivity index (χ0n) is 11.0. The minimum atomic E-state index is -0.808. The number of benzene rings is 1. The van der Waals surface area contributed by atoms with Gasteiger partial charge in [-0.2, -0.15) is 0 Å². The van der Waals surface area contributed by atoms with Crippen molar-refractivity contribution in [1.29, 1.82) is 0 Å². The molecule has 1 aliphatic heterocycles. The van der Waals surface area contributed by atoms with E-state index in [9.17, 15) is 13.6 Å². The van der Waals surface area contributed by atoms with Crippen LogP contribution in [-0.2, 0) is 4.74 Å². The first-order valence-electron chi connectivity index (χ1n) is 6.24. The number of hydrogen-bond acceptors (Lipinski definition) is 2. The zero-order valence-corrected chi connectivity index (χ0v) is 12.5. The summed E-state index contributed by atoms with van der Waals surface area (Å²) in [6, 6.07) is 1.71. The maximum Gasteiger partial charge on any atom is 0.322 e. The Hall–Kier alpha value is -1.21. The number of ether oxygens (including phenoxy) is 1. The molecule has 0 atom stereocenters. The van der Waals surface area contributed by atoms with E-state index < -0.39 is 23.4 Å². The molecule has 4 nitrogen and oxygen atoms in total. The predicted octanol–water partition coefficient (Wildman–Crippen LogP) is 3.37. The molecule has 1 aliphatic rings. The summed E-state index contributed by atoms with van der Waals surface area (Å²) in [6.07, 6.45) is 1.57. The summed E-state index contributed by atoms with van der Waals surface area (Å²) < 4.78 is 32.8. The van der Waals surface area contributed by atoms with Gasteiger partial charge in [0.25, 0.3) is 0 Å². The molecule has 1 aromatic rings. The lowest BCUT2D eigenvalue weighted by Gasteiger charge is -2.31. The molecule has 2 rings (SSSR count). The van der Waals surface area contributed by atoms with Crippen molar-refractivity contribution in [2.24, 2.45) is 0 Å². The van der Waals surface area contributed by atoms with Gasteiger partial charge < -0.3 is 15.0 Å². The van der Waals surface area contributed by atoms with Gasteiger partial charge in [0.15, 0.2) is 11.6 Å². The molecule has 0 saturated carbocycles. The third-order valence-corrected chi connectivity index (χ3v) is 3.76. The van der Waals surface area contributed by atoms with Gasteiger partial charge in [0.2, 0.25) is 0 Å². The third-order valence-electron chi connectivity index (χ3n) is 3.30. The van der Waals surface area contributed by atoms with Gasteiger partial charge in [0.1, 0.15) is 5.69 Å². The van der Waals surface area contributed by atoms with Crippen LogP contribution in [0.2, 0.25) is 0 Å². The molecule has 1 aromatic carbocycles. The Kier molecular flexibility index (Phi) is 4.93. The van der Waals surface area contributed by atoms with E-state index in [1.807, 2.05) is 0 Å². The van der Waals surface area contributed by atoms with E-state index in [4.69, 9.17) is 4.74 Å². The number of anilines is 1. The van der Waals surface area contributed by atoms with Gasteiger partial charge in [-0.15, -0.1) is 0 Å². The molecule has 2 amide bonds. The molecular weight excluding hydrogens is 334 g/mol. The number of likely N-dealkylation sites (tertiary alicyclic amines) is 1. The first kappa shape index (κ1) is 15.2. The Balaban J connectivity index is 2.02. The lowest BCUT2D eigenvalue weighted by atomic mass is 10.1. The van der Waals surface area contributed by atoms with Crippen molar-refractivity contribution in [2.75, 3.05) is 25.5 Å². The Morgan fingerprint density at radius 3 is 2.40 bits per heavy atom. The second kappa shape index (κ2) is 6.49. The summed E-state index contributed by atoms with van der Waals surface area (Å²) in [5.74, 6) is -1.62. The second-order valence-corrected chi connectivity index (χ2v) is 5.51. The normalized spacial score (nSPS) is 16.3. The highest BCUT2D eigenvalue weighted by molar-refractivity contribution is 9.10. The highest BCUT2D eigenvalue weighted by atomic mass is 79.9. The van der Waals surface area contributed by atoms with E-state index in [0.29, 0.717) is 13.1 Å². The standard InChI is InChI=1S/C13H15BrF2N2O2/c1-20-9-2-4-18(5-3-9)13(19)17-12-10(15)6-8(14)7-11(12)16/h6-7,9H,2-5H2,1H3,(H,17,19). The fourth-order valence-corrected chi connectivity index (χ4v) is 2.54. The lowest BCUT2D eigenvalue weighted by Crippen LogP contribution is -2.43. The van der Waals surface area contributed by atoms with Gasteiger partial charge in [0, 0.05) is 24.7 Å². The minimum absolute atomic E-state index is 0.139. The monoisotopic (exact) mass is 348 g/mol. The van der Waals surface area contributed by atoms with Crippen molar-refractivity contribution in [2.45, 2.75) is 18.9 Å². The predicted molar refractivity (Wildman–Crippen MR) is 74.7 cm³/mol. The number of rotatable bonds is 2. The first-order chi connectivity index (χ1) is 9.51. The van der Waals surface area contributed by atoms with Crippen molar-refractivity contribution >= 4 is 27.6 Å². The van der Waals surface area contributed by atoms with Crippen molar-refractivity contribution in [3.05, 3.63) is 28.2 Å². The molecule has 0 bridgehead atoms. The molecule has 1 fully saturated rings. The molecular formula is C13H15BrF2N2O2. The maximum atomic E-state index is 13.6. The van der Waals surface area contributed by atoms with Crippen LogP contribution in [0.5, 0.6) is 0 Å². The fourth-order valence-electron chi connectivity index (χ4n) is 2.14. The van der Waals surface area contributed by atoms with E-state index in [2.05, 4.69) is 21.2 Å². The van der Waals surface area contributed by atoms with E-state index in [-0.39, 0.29) is 10.6 Å². The van der Waals surface area contributed by atoms with Crippen LogP contribution < -0.4 is 5.32 Å². The number of carbonyl (C=O) groups excluding carboxylic acids is 1. The molecule has 7 heteroatoms. The third kappa shape index (κ3) is 3.46. The topological polar surface area (TPSA) is 41.6 Å². The van der Waals surface area contributed by atoms with Crippen LogP contribution >= 0.6 is 15.9 Å². The summed E-state index contributed by atoms with van der Waals surface area (Å²) in [4.78, 5) is 13.5. The second-order valence-electron chi connectivity index (χ2n) is 4.60. The van der Waals surface area contributed by atoms with Crippen LogP contribution in [0.15, 0.2) is 16.6 Å². The van der Waals surface area contributed by atoms with Crippen LogP contribution in [-0.4, -0.2) is 37.2 Å². The lowest BCUT2D eigenvalue weighted by molar-refractivity contribution is 0.0521. The number of carbonyl (C=O) groups is 1. The van der Waals surface area contributed by atoms with Gasteiger partial charge in [0.05, 0.1) is 6.10 Å². The zero-order chi connectivity index (χ0) is 14.7. The number of nitrogens with one attached hydrogen (secondary N) is 1. The number of amides is 2. The first-order valence-corrected chi connectivity index (χ1v) is 7.04. The van der Waals surface area contributed by atoms with E-state index in [0.717, 1.165) is 25.0 Å².